The highest BCUT2D eigenvalue weighted by Gasteiger charge is 2.00. The molecule has 0 saturated heterocycles. The molecule has 1 heterocycles. The molecule has 0 aliphatic heterocycles. The maximum absolute atomic E-state index is 12.7. The van der Waals surface area contributed by atoms with Crippen molar-refractivity contribution in [2.75, 3.05) is 11.9 Å². The number of nitrogens with zero attached hydrogens (tertiary/aromatic N) is 1. The number of hydrogen-bond acceptors (Lipinski definition) is 3. The van der Waals surface area contributed by atoms with Crippen molar-refractivity contribution in [2.24, 2.45) is 5.73 Å². The second-order valence-electron chi connectivity index (χ2n) is 4.08. The predicted octanol–water partition coefficient (Wildman–Crippen LogP) is 2.51. The zero-order valence-corrected chi connectivity index (χ0v) is 11.1. The molecule has 0 atom stereocenters. The maximum atomic E-state index is 12.7. The summed E-state index contributed by atoms with van der Waals surface area (Å²) in [4.78, 5) is 4.56. The number of rotatable bonds is 5. The highest BCUT2D eigenvalue weighted by Crippen LogP contribution is 2.07. The Bertz CT molecular complexity index is 569. The van der Waals surface area contributed by atoms with Gasteiger partial charge in [0.15, 0.2) is 0 Å². The Labute approximate surface area is 116 Å². The van der Waals surface area contributed by atoms with Gasteiger partial charge in [-0.15, -0.1) is 0 Å². The molecule has 0 saturated carbocycles. The third-order valence-corrected chi connectivity index (χ3v) is 2.84. The molecule has 98 valence electrons. The Morgan fingerprint density at radius 2 is 1.95 bits per heavy atom. The molecular formula is C14H14FN3S. The summed E-state index contributed by atoms with van der Waals surface area (Å²) in [5.41, 5.74) is 7.19. The lowest BCUT2D eigenvalue weighted by atomic mass is 10.1. The van der Waals surface area contributed by atoms with E-state index in [-0.39, 0.29) is 10.8 Å². The van der Waals surface area contributed by atoms with Crippen molar-refractivity contribution < 1.29 is 4.39 Å². The molecule has 2 aromatic rings. The fourth-order valence-electron chi connectivity index (χ4n) is 1.66. The summed E-state index contributed by atoms with van der Waals surface area (Å²) in [5.74, 6) is 0.509. The quantitative estimate of drug-likeness (QED) is 0.823. The lowest BCUT2D eigenvalue weighted by molar-refractivity contribution is 0.627. The van der Waals surface area contributed by atoms with Crippen LogP contribution in [0.1, 0.15) is 11.3 Å². The van der Waals surface area contributed by atoms with Gasteiger partial charge in [-0.25, -0.2) is 9.37 Å². The van der Waals surface area contributed by atoms with Crippen molar-refractivity contribution in [1.82, 2.24) is 4.98 Å². The lowest BCUT2D eigenvalue weighted by Crippen LogP contribution is -2.13. The number of nitrogens with one attached hydrogen (secondary N) is 1. The number of anilines is 1. The van der Waals surface area contributed by atoms with Crippen LogP contribution in [0.4, 0.5) is 10.2 Å². The van der Waals surface area contributed by atoms with Gasteiger partial charge in [-0.05, 0) is 36.2 Å². The molecule has 0 radical (unpaired) electrons. The Kier molecular flexibility index (Phi) is 4.41. The lowest BCUT2D eigenvalue weighted by Gasteiger charge is -2.07. The van der Waals surface area contributed by atoms with Crippen LogP contribution < -0.4 is 11.1 Å². The first-order chi connectivity index (χ1) is 9.15. The molecule has 3 nitrogen and oxygen atoms in total. The molecule has 0 unspecified atom stereocenters. The van der Waals surface area contributed by atoms with Crippen molar-refractivity contribution in [3.05, 3.63) is 59.5 Å². The van der Waals surface area contributed by atoms with Gasteiger partial charge in [0.2, 0.25) is 0 Å². The van der Waals surface area contributed by atoms with Gasteiger partial charge >= 0.3 is 0 Å². The standard InChI is InChI=1S/C14H14FN3S/c15-11-6-4-10(5-7-11)8-9-17-13-3-1-2-12(18-13)14(16)19/h1-7H,8-9H2,(H2,16,19)(H,17,18). The average molecular weight is 275 g/mol. The molecule has 0 aliphatic rings. The minimum absolute atomic E-state index is 0.220. The van der Waals surface area contributed by atoms with Crippen LogP contribution >= 0.6 is 12.2 Å². The molecular weight excluding hydrogens is 261 g/mol. The minimum atomic E-state index is -0.220. The number of halogens is 1. The van der Waals surface area contributed by atoms with Gasteiger partial charge < -0.3 is 11.1 Å². The normalized spacial score (nSPS) is 10.2. The first kappa shape index (κ1) is 13.4. The molecule has 2 rings (SSSR count). The van der Waals surface area contributed by atoms with E-state index < -0.39 is 0 Å². The van der Waals surface area contributed by atoms with Crippen molar-refractivity contribution in [3.8, 4) is 0 Å². The monoisotopic (exact) mass is 275 g/mol. The van der Waals surface area contributed by atoms with Crippen molar-refractivity contribution in [1.29, 1.82) is 0 Å². The number of hydrogen-bond donors (Lipinski definition) is 2. The van der Waals surface area contributed by atoms with E-state index >= 15 is 0 Å². The smallest absolute Gasteiger partial charge is 0.126 e. The second-order valence-corrected chi connectivity index (χ2v) is 4.52. The Morgan fingerprint density at radius 3 is 2.63 bits per heavy atom. The summed E-state index contributed by atoms with van der Waals surface area (Å²) in [5, 5.41) is 3.18. The van der Waals surface area contributed by atoms with Crippen LogP contribution in [0, 0.1) is 5.82 Å². The summed E-state index contributed by atoms with van der Waals surface area (Å²) in [6, 6.07) is 11.9. The zero-order chi connectivity index (χ0) is 13.7. The topological polar surface area (TPSA) is 50.9 Å². The molecule has 0 fully saturated rings. The van der Waals surface area contributed by atoms with E-state index in [1.807, 2.05) is 12.1 Å². The van der Waals surface area contributed by atoms with Gasteiger partial charge in [0.1, 0.15) is 16.6 Å². The summed E-state index contributed by atoms with van der Waals surface area (Å²) in [6.07, 6.45) is 0.791. The average Bonchev–Trinajstić information content (AvgIpc) is 2.41. The molecule has 0 amide bonds. The highest BCUT2D eigenvalue weighted by atomic mass is 32.1. The van der Waals surface area contributed by atoms with E-state index in [1.54, 1.807) is 18.2 Å². The van der Waals surface area contributed by atoms with Gasteiger partial charge in [-0.3, -0.25) is 0 Å². The van der Waals surface area contributed by atoms with Crippen molar-refractivity contribution in [3.63, 3.8) is 0 Å². The number of nitrogens with two attached hydrogens (primary N) is 1. The van der Waals surface area contributed by atoms with Crippen LogP contribution in [0.3, 0.4) is 0 Å². The molecule has 1 aromatic carbocycles. The Balaban J connectivity index is 1.90. The fourth-order valence-corrected chi connectivity index (χ4v) is 1.77. The van der Waals surface area contributed by atoms with Gasteiger partial charge in [0, 0.05) is 6.54 Å². The van der Waals surface area contributed by atoms with Gasteiger partial charge in [0.25, 0.3) is 0 Å². The van der Waals surface area contributed by atoms with Crippen LogP contribution in [0.2, 0.25) is 0 Å². The Hall–Kier alpha value is -2.01. The predicted molar refractivity (Wildman–Crippen MR) is 78.7 cm³/mol. The van der Waals surface area contributed by atoms with E-state index in [0.29, 0.717) is 12.2 Å². The molecule has 5 heteroatoms. The van der Waals surface area contributed by atoms with E-state index in [0.717, 1.165) is 17.8 Å². The summed E-state index contributed by atoms with van der Waals surface area (Å²) in [6.45, 7) is 0.708. The molecule has 0 aliphatic carbocycles. The number of thiocarbonyl (C=S) groups is 1. The zero-order valence-electron chi connectivity index (χ0n) is 10.3. The third-order valence-electron chi connectivity index (χ3n) is 2.63. The molecule has 19 heavy (non-hydrogen) atoms. The van der Waals surface area contributed by atoms with E-state index in [2.05, 4.69) is 10.3 Å². The highest BCUT2D eigenvalue weighted by molar-refractivity contribution is 7.80. The van der Waals surface area contributed by atoms with E-state index in [9.17, 15) is 4.39 Å². The van der Waals surface area contributed by atoms with E-state index in [1.165, 1.54) is 12.1 Å². The number of pyridine rings is 1. The molecule has 3 N–H and O–H groups in total. The molecule has 1 aromatic heterocycles. The maximum Gasteiger partial charge on any atom is 0.126 e. The second kappa shape index (κ2) is 6.24. The van der Waals surface area contributed by atoms with Gasteiger partial charge in [0.05, 0.1) is 5.69 Å². The minimum Gasteiger partial charge on any atom is -0.388 e. The first-order valence-electron chi connectivity index (χ1n) is 5.90. The van der Waals surface area contributed by atoms with Crippen LogP contribution in [0.15, 0.2) is 42.5 Å². The fraction of sp³-hybridized carbons (Fsp3) is 0.143. The first-order valence-corrected chi connectivity index (χ1v) is 6.31. The summed E-state index contributed by atoms with van der Waals surface area (Å²) in [7, 11) is 0. The van der Waals surface area contributed by atoms with Crippen molar-refractivity contribution in [2.45, 2.75) is 6.42 Å². The molecule has 0 spiro atoms. The van der Waals surface area contributed by atoms with Crippen LogP contribution in [-0.4, -0.2) is 16.5 Å². The van der Waals surface area contributed by atoms with Gasteiger partial charge in [-0.1, -0.05) is 30.4 Å². The summed E-state index contributed by atoms with van der Waals surface area (Å²) < 4.78 is 12.7. The summed E-state index contributed by atoms with van der Waals surface area (Å²) >= 11 is 4.87. The van der Waals surface area contributed by atoms with E-state index in [4.69, 9.17) is 18.0 Å². The number of benzene rings is 1. The number of aromatic nitrogens is 1. The Morgan fingerprint density at radius 1 is 1.21 bits per heavy atom. The van der Waals surface area contributed by atoms with Gasteiger partial charge in [-0.2, -0.15) is 0 Å². The molecule has 0 bridgehead atoms. The largest absolute Gasteiger partial charge is 0.388 e. The van der Waals surface area contributed by atoms with Crippen molar-refractivity contribution >= 4 is 23.0 Å². The van der Waals surface area contributed by atoms with Crippen LogP contribution in [0.5, 0.6) is 0 Å². The SMILES string of the molecule is NC(=S)c1cccc(NCCc2ccc(F)cc2)n1. The van der Waals surface area contributed by atoms with Crippen LogP contribution in [0.25, 0.3) is 0 Å². The third kappa shape index (κ3) is 3.99. The van der Waals surface area contributed by atoms with Crippen LogP contribution in [-0.2, 0) is 6.42 Å².